The number of likely N-dealkylation sites (tertiary alicyclic amines) is 1. The van der Waals surface area contributed by atoms with Gasteiger partial charge in [0.2, 0.25) is 15.7 Å². The van der Waals surface area contributed by atoms with Crippen LogP contribution < -0.4 is 5.14 Å². The molecule has 1 fully saturated rings. The summed E-state index contributed by atoms with van der Waals surface area (Å²) in [5.41, 5.74) is -2.53. The molecule has 3 atom stereocenters. The minimum absolute atomic E-state index is 0.142. The van der Waals surface area contributed by atoms with Crippen LogP contribution in [-0.2, 0) is 33.9 Å². The molecule has 0 spiro atoms. The third-order valence-corrected chi connectivity index (χ3v) is 9.23. The second-order valence-corrected chi connectivity index (χ2v) is 12.3. The zero-order valence-electron chi connectivity index (χ0n) is 21.5. The lowest BCUT2D eigenvalue weighted by Crippen LogP contribution is -2.49. The third-order valence-electron chi connectivity index (χ3n) is 8.32. The van der Waals surface area contributed by atoms with E-state index in [0.29, 0.717) is 44.7 Å². The Kier molecular flexibility index (Phi) is 6.81. The van der Waals surface area contributed by atoms with E-state index in [2.05, 4.69) is 0 Å². The molecule has 1 amide bonds. The largest absolute Gasteiger partial charge is 0.426 e. The van der Waals surface area contributed by atoms with Gasteiger partial charge in [0.05, 0.1) is 4.90 Å². The first-order valence-corrected chi connectivity index (χ1v) is 14.3. The summed E-state index contributed by atoms with van der Waals surface area (Å²) in [5.74, 6) is -0.816. The second-order valence-electron chi connectivity index (χ2n) is 10.7. The smallest absolute Gasteiger partial charge is 0.335 e. The maximum Gasteiger partial charge on any atom is 0.426 e. The highest BCUT2D eigenvalue weighted by molar-refractivity contribution is 7.89. The van der Waals surface area contributed by atoms with Crippen LogP contribution in [-0.4, -0.2) is 38.0 Å². The number of carbonyl (C=O) groups is 1. The third kappa shape index (κ3) is 4.79. The molecular weight excluding hydrogens is 551 g/mol. The molecule has 1 heterocycles. The number of carbonyl (C=O) groups excluding carboxylic acids is 1. The fraction of sp³-hybridized carbons (Fsp3) is 0.345. The summed E-state index contributed by atoms with van der Waals surface area (Å²) in [5, 5.41) is 5.25. The molecule has 0 bridgehead atoms. The first-order chi connectivity index (χ1) is 18.6. The topological polar surface area (TPSA) is 80.5 Å². The summed E-state index contributed by atoms with van der Waals surface area (Å²) in [4.78, 5) is 15.2. The van der Waals surface area contributed by atoms with Crippen molar-refractivity contribution in [2.24, 2.45) is 5.14 Å². The van der Waals surface area contributed by atoms with Crippen LogP contribution >= 0.6 is 0 Å². The summed E-state index contributed by atoms with van der Waals surface area (Å²) in [6.07, 6.45) is -3.56. The molecule has 2 aliphatic rings. The van der Waals surface area contributed by atoms with Crippen molar-refractivity contribution in [1.82, 2.24) is 4.90 Å². The minimum Gasteiger partial charge on any atom is -0.335 e. The van der Waals surface area contributed by atoms with E-state index in [1.807, 2.05) is 0 Å². The highest BCUT2D eigenvalue weighted by atomic mass is 32.2. The Morgan fingerprint density at radius 3 is 2.40 bits per heavy atom. The number of hydrogen-bond donors (Lipinski definition) is 1. The van der Waals surface area contributed by atoms with Crippen molar-refractivity contribution in [3.8, 4) is 0 Å². The SMILES string of the molecule is CC(F)(c1ccc2c(c1)CC[C@H]1N(C(=O)c3cccc(S(N)(=O)=O)c3)CC[C@@]21Cc1ccc(F)cc1)C(F)(F)F. The average molecular weight is 579 g/mol. The molecule has 1 unspecified atom stereocenters. The van der Waals surface area contributed by atoms with Crippen LogP contribution in [0.5, 0.6) is 0 Å². The molecule has 40 heavy (non-hydrogen) atoms. The molecule has 1 aliphatic carbocycles. The summed E-state index contributed by atoms with van der Waals surface area (Å²) >= 11 is 0. The molecule has 11 heteroatoms. The van der Waals surface area contributed by atoms with E-state index in [9.17, 15) is 35.2 Å². The van der Waals surface area contributed by atoms with Crippen LogP contribution in [0.1, 0.15) is 52.4 Å². The van der Waals surface area contributed by atoms with Crippen LogP contribution in [0.3, 0.4) is 0 Å². The number of nitrogens with two attached hydrogens (primary N) is 1. The molecule has 0 aromatic heterocycles. The van der Waals surface area contributed by atoms with Crippen LogP contribution in [0.15, 0.2) is 71.6 Å². The van der Waals surface area contributed by atoms with Crippen molar-refractivity contribution >= 4 is 15.9 Å². The number of hydrogen-bond acceptors (Lipinski definition) is 3. The summed E-state index contributed by atoms with van der Waals surface area (Å²) in [6.45, 7) is 0.801. The average Bonchev–Trinajstić information content (AvgIpc) is 3.27. The van der Waals surface area contributed by atoms with Gasteiger partial charge in [-0.05, 0) is 85.2 Å². The number of sulfonamides is 1. The zero-order valence-corrected chi connectivity index (χ0v) is 22.3. The van der Waals surface area contributed by atoms with Gasteiger partial charge >= 0.3 is 6.18 Å². The molecule has 2 N–H and O–H groups in total. The van der Waals surface area contributed by atoms with Gasteiger partial charge in [-0.2, -0.15) is 13.2 Å². The summed E-state index contributed by atoms with van der Waals surface area (Å²) in [6, 6.07) is 14.9. The number of nitrogens with zero attached hydrogens (tertiary/aromatic N) is 1. The molecule has 5 nitrogen and oxygen atoms in total. The van der Waals surface area contributed by atoms with Crippen molar-refractivity contribution in [3.63, 3.8) is 0 Å². The van der Waals surface area contributed by atoms with Crippen LogP contribution in [0.2, 0.25) is 0 Å². The molecule has 0 radical (unpaired) electrons. The molecule has 1 saturated heterocycles. The lowest BCUT2D eigenvalue weighted by Gasteiger charge is -2.44. The fourth-order valence-electron chi connectivity index (χ4n) is 6.20. The monoisotopic (exact) mass is 578 g/mol. The molecule has 5 rings (SSSR count). The van der Waals surface area contributed by atoms with E-state index in [4.69, 9.17) is 5.14 Å². The lowest BCUT2D eigenvalue weighted by molar-refractivity contribution is -0.228. The first kappa shape index (κ1) is 28.2. The van der Waals surface area contributed by atoms with E-state index in [-0.39, 0.29) is 16.5 Å². The van der Waals surface area contributed by atoms with Gasteiger partial charge in [0.25, 0.3) is 5.91 Å². The molecule has 3 aromatic carbocycles. The van der Waals surface area contributed by atoms with Crippen molar-refractivity contribution in [1.29, 1.82) is 0 Å². The van der Waals surface area contributed by atoms with Crippen molar-refractivity contribution in [3.05, 3.63) is 100 Å². The zero-order chi connectivity index (χ0) is 29.1. The Bertz CT molecular complexity index is 1570. The van der Waals surface area contributed by atoms with E-state index >= 15 is 0 Å². The van der Waals surface area contributed by atoms with Crippen LogP contribution in [0.25, 0.3) is 0 Å². The molecule has 212 valence electrons. The van der Waals surface area contributed by atoms with Gasteiger partial charge in [-0.1, -0.05) is 36.4 Å². The van der Waals surface area contributed by atoms with Crippen molar-refractivity contribution in [2.75, 3.05) is 6.54 Å². The second kappa shape index (κ2) is 9.66. The number of alkyl halides is 4. The van der Waals surface area contributed by atoms with E-state index in [1.165, 1.54) is 48.5 Å². The van der Waals surface area contributed by atoms with Gasteiger partial charge in [0, 0.05) is 23.6 Å². The Morgan fingerprint density at radius 2 is 1.75 bits per heavy atom. The predicted octanol–water partition coefficient (Wildman–Crippen LogP) is 5.56. The number of halogens is 5. The quantitative estimate of drug-likeness (QED) is 0.403. The van der Waals surface area contributed by atoms with Crippen LogP contribution in [0.4, 0.5) is 22.0 Å². The number of aryl methyl sites for hydroxylation is 1. The maximum absolute atomic E-state index is 14.9. The van der Waals surface area contributed by atoms with Gasteiger partial charge in [-0.15, -0.1) is 0 Å². The lowest BCUT2D eigenvalue weighted by atomic mass is 9.63. The molecule has 1 aliphatic heterocycles. The summed E-state index contributed by atoms with van der Waals surface area (Å²) < 4.78 is 92.7. The first-order valence-electron chi connectivity index (χ1n) is 12.7. The highest BCUT2D eigenvalue weighted by Gasteiger charge is 2.55. The molecule has 0 saturated carbocycles. The van der Waals surface area contributed by atoms with Crippen molar-refractivity contribution in [2.45, 2.75) is 60.8 Å². The van der Waals surface area contributed by atoms with E-state index < -0.39 is 44.6 Å². The number of benzene rings is 3. The number of fused-ring (bicyclic) bond motifs is 3. The maximum atomic E-state index is 14.9. The Labute approximate surface area is 228 Å². The van der Waals surface area contributed by atoms with Gasteiger partial charge in [0.15, 0.2) is 0 Å². The number of amides is 1. The Morgan fingerprint density at radius 1 is 1.05 bits per heavy atom. The standard InChI is InChI=1S/C29H27F5N2O3S/c1-27(31,29(32,33)34)21-8-11-24-19(15-21)7-12-25-28(24,17-18-5-9-22(30)10-6-18)13-14-36(25)26(37)20-3-2-4-23(16-20)40(35,38)39/h2-6,8-11,15-16,25H,7,12-14,17H2,1H3,(H2,35,38,39)/t25-,27?,28-/m1/s1. The molecule has 3 aromatic rings. The van der Waals surface area contributed by atoms with Gasteiger partial charge in [-0.25, -0.2) is 22.3 Å². The molecular formula is C29H27F5N2O3S. The van der Waals surface area contributed by atoms with Gasteiger partial charge in [0.1, 0.15) is 5.82 Å². The fourth-order valence-corrected chi connectivity index (χ4v) is 6.76. The Balaban J connectivity index is 1.58. The number of primary sulfonamides is 1. The van der Waals surface area contributed by atoms with Crippen molar-refractivity contribution < 1.29 is 35.2 Å². The Hall–Kier alpha value is -3.31. The number of rotatable bonds is 5. The highest BCUT2D eigenvalue weighted by Crippen LogP contribution is 2.51. The normalized spacial score (nSPS) is 22.4. The van der Waals surface area contributed by atoms with E-state index in [0.717, 1.165) is 17.2 Å². The summed E-state index contributed by atoms with van der Waals surface area (Å²) in [7, 11) is -4.04. The van der Waals surface area contributed by atoms with Gasteiger partial charge < -0.3 is 4.90 Å². The van der Waals surface area contributed by atoms with E-state index in [1.54, 1.807) is 17.0 Å². The van der Waals surface area contributed by atoms with Gasteiger partial charge in [-0.3, -0.25) is 4.79 Å². The predicted molar refractivity (Wildman–Crippen MR) is 138 cm³/mol. The van der Waals surface area contributed by atoms with Crippen LogP contribution in [0, 0.1) is 5.82 Å². The minimum atomic E-state index is -5.09.